The zero-order valence-corrected chi connectivity index (χ0v) is 10.3. The Labute approximate surface area is 104 Å². The third kappa shape index (κ3) is 3.32. The minimum atomic E-state index is -0.427. The largest absolute Gasteiger partial charge is 0.412 e. The molecule has 1 N–H and O–H groups in total. The first kappa shape index (κ1) is 11.7. The Morgan fingerprint density at radius 3 is 2.71 bits per heavy atom. The van der Waals surface area contributed by atoms with Gasteiger partial charge in [-0.05, 0) is 36.1 Å². The van der Waals surface area contributed by atoms with E-state index >= 15 is 0 Å². The van der Waals surface area contributed by atoms with E-state index in [2.05, 4.69) is 5.32 Å². The molecule has 0 saturated carbocycles. The molecule has 2 rings (SSSR count). The van der Waals surface area contributed by atoms with Gasteiger partial charge in [0.05, 0.1) is 6.54 Å². The first-order valence-corrected chi connectivity index (χ1v) is 6.17. The highest BCUT2D eigenvalue weighted by Crippen LogP contribution is 2.15. The highest BCUT2D eigenvalue weighted by Gasteiger charge is 2.05. The van der Waals surface area contributed by atoms with Crippen LogP contribution in [0.2, 0.25) is 0 Å². The summed E-state index contributed by atoms with van der Waals surface area (Å²) in [7, 11) is 0. The number of carbonyl (C=O) groups is 1. The summed E-state index contributed by atoms with van der Waals surface area (Å²) in [6.07, 6.45) is -0.427. The second-order valence-electron chi connectivity index (χ2n) is 3.58. The molecule has 0 aliphatic carbocycles. The number of benzene rings is 1. The van der Waals surface area contributed by atoms with Crippen molar-refractivity contribution in [3.8, 4) is 5.75 Å². The van der Waals surface area contributed by atoms with Crippen molar-refractivity contribution in [2.75, 3.05) is 0 Å². The van der Waals surface area contributed by atoms with Crippen LogP contribution in [-0.4, -0.2) is 6.09 Å². The summed E-state index contributed by atoms with van der Waals surface area (Å²) in [4.78, 5) is 12.6. The standard InChI is InChI=1S/C13H13NO2S/c1-10-7-8-17-12(10)9-14-13(15)16-11-5-3-2-4-6-11/h2-8H,9H2,1H3,(H,14,15). The lowest BCUT2D eigenvalue weighted by molar-refractivity contribution is 0.200. The van der Waals surface area contributed by atoms with Gasteiger partial charge in [0.25, 0.3) is 0 Å². The zero-order valence-electron chi connectivity index (χ0n) is 9.47. The fourth-order valence-corrected chi connectivity index (χ4v) is 2.22. The highest BCUT2D eigenvalue weighted by atomic mass is 32.1. The number of amides is 1. The molecule has 0 bridgehead atoms. The summed E-state index contributed by atoms with van der Waals surface area (Å²) in [5, 5.41) is 4.73. The van der Waals surface area contributed by atoms with E-state index in [1.165, 1.54) is 5.56 Å². The number of hydrogen-bond donors (Lipinski definition) is 1. The first-order chi connectivity index (χ1) is 8.25. The van der Waals surface area contributed by atoms with Gasteiger partial charge in [0.15, 0.2) is 0 Å². The summed E-state index contributed by atoms with van der Waals surface area (Å²) in [6.45, 7) is 2.53. The molecule has 1 amide bonds. The summed E-state index contributed by atoms with van der Waals surface area (Å²) >= 11 is 1.63. The van der Waals surface area contributed by atoms with Crippen LogP contribution in [0.3, 0.4) is 0 Å². The minimum absolute atomic E-state index is 0.427. The van der Waals surface area contributed by atoms with Crippen LogP contribution in [0.1, 0.15) is 10.4 Å². The Kier molecular flexibility index (Phi) is 3.77. The molecule has 0 atom stereocenters. The molecule has 1 aromatic heterocycles. The van der Waals surface area contributed by atoms with Gasteiger partial charge in [-0.25, -0.2) is 4.79 Å². The fourth-order valence-electron chi connectivity index (χ4n) is 1.37. The number of ether oxygens (including phenoxy) is 1. The molecule has 3 nitrogen and oxygen atoms in total. The molecule has 17 heavy (non-hydrogen) atoms. The van der Waals surface area contributed by atoms with Gasteiger partial charge in [-0.15, -0.1) is 11.3 Å². The van der Waals surface area contributed by atoms with Gasteiger partial charge in [-0.1, -0.05) is 18.2 Å². The lowest BCUT2D eigenvalue weighted by atomic mass is 10.3. The Bertz CT molecular complexity index is 493. The van der Waals surface area contributed by atoms with E-state index in [1.807, 2.05) is 36.6 Å². The Morgan fingerprint density at radius 1 is 1.29 bits per heavy atom. The molecule has 2 aromatic rings. The lowest BCUT2D eigenvalue weighted by Gasteiger charge is -2.05. The summed E-state index contributed by atoms with van der Waals surface area (Å²) in [5.74, 6) is 0.549. The molecule has 0 aliphatic heterocycles. The van der Waals surface area contributed by atoms with Crippen LogP contribution >= 0.6 is 11.3 Å². The molecule has 1 aromatic carbocycles. The molecule has 0 unspecified atom stereocenters. The van der Waals surface area contributed by atoms with Crippen molar-refractivity contribution in [1.82, 2.24) is 5.32 Å². The smallest absolute Gasteiger partial charge is 0.410 e. The van der Waals surface area contributed by atoms with Crippen LogP contribution in [0.25, 0.3) is 0 Å². The third-order valence-corrected chi connectivity index (χ3v) is 3.34. The van der Waals surface area contributed by atoms with Gasteiger partial charge >= 0.3 is 6.09 Å². The molecule has 4 heteroatoms. The fraction of sp³-hybridized carbons (Fsp3) is 0.154. The van der Waals surface area contributed by atoms with E-state index in [0.29, 0.717) is 12.3 Å². The van der Waals surface area contributed by atoms with E-state index in [9.17, 15) is 4.79 Å². The maximum Gasteiger partial charge on any atom is 0.412 e. The molecule has 0 fully saturated rings. The van der Waals surface area contributed by atoms with Crippen LogP contribution in [0.5, 0.6) is 5.75 Å². The molecule has 1 heterocycles. The van der Waals surface area contributed by atoms with Gasteiger partial charge in [-0.3, -0.25) is 0 Å². The third-order valence-electron chi connectivity index (χ3n) is 2.32. The minimum Gasteiger partial charge on any atom is -0.410 e. The molecular weight excluding hydrogens is 234 g/mol. The monoisotopic (exact) mass is 247 g/mol. The second kappa shape index (κ2) is 5.50. The van der Waals surface area contributed by atoms with E-state index in [4.69, 9.17) is 4.74 Å². The molecule has 0 radical (unpaired) electrons. The van der Waals surface area contributed by atoms with E-state index < -0.39 is 6.09 Å². The van der Waals surface area contributed by atoms with Gasteiger partial charge in [0.2, 0.25) is 0 Å². The second-order valence-corrected chi connectivity index (χ2v) is 4.58. The lowest BCUT2D eigenvalue weighted by Crippen LogP contribution is -2.26. The number of thiophene rings is 1. The van der Waals surface area contributed by atoms with Crippen LogP contribution < -0.4 is 10.1 Å². The summed E-state index contributed by atoms with van der Waals surface area (Å²) in [5.41, 5.74) is 1.19. The predicted molar refractivity (Wildman–Crippen MR) is 68.4 cm³/mol. The number of para-hydroxylation sites is 1. The number of carbonyl (C=O) groups excluding carboxylic acids is 1. The Morgan fingerprint density at radius 2 is 2.06 bits per heavy atom. The van der Waals surface area contributed by atoms with Crippen molar-refractivity contribution in [2.24, 2.45) is 0 Å². The van der Waals surface area contributed by atoms with Crippen molar-refractivity contribution in [1.29, 1.82) is 0 Å². The number of hydrogen-bond acceptors (Lipinski definition) is 3. The molecule has 0 aliphatic rings. The van der Waals surface area contributed by atoms with Crippen LogP contribution in [0, 0.1) is 6.92 Å². The van der Waals surface area contributed by atoms with Crippen LogP contribution in [0.15, 0.2) is 41.8 Å². The predicted octanol–water partition coefficient (Wildman–Crippen LogP) is 3.35. The van der Waals surface area contributed by atoms with Gasteiger partial charge in [-0.2, -0.15) is 0 Å². The van der Waals surface area contributed by atoms with Crippen molar-refractivity contribution >= 4 is 17.4 Å². The van der Waals surface area contributed by atoms with Crippen molar-refractivity contribution < 1.29 is 9.53 Å². The van der Waals surface area contributed by atoms with Crippen molar-refractivity contribution in [3.05, 3.63) is 52.2 Å². The maximum atomic E-state index is 11.5. The Hall–Kier alpha value is -1.81. The summed E-state index contributed by atoms with van der Waals surface area (Å²) in [6, 6.07) is 11.0. The maximum absolute atomic E-state index is 11.5. The van der Waals surface area contributed by atoms with Gasteiger partial charge in [0.1, 0.15) is 5.75 Å². The SMILES string of the molecule is Cc1ccsc1CNC(=O)Oc1ccccc1. The topological polar surface area (TPSA) is 38.3 Å². The van der Waals surface area contributed by atoms with E-state index in [0.717, 1.165) is 4.88 Å². The van der Waals surface area contributed by atoms with Crippen LogP contribution in [-0.2, 0) is 6.54 Å². The van der Waals surface area contributed by atoms with Crippen molar-refractivity contribution in [2.45, 2.75) is 13.5 Å². The average Bonchev–Trinajstić information content (AvgIpc) is 2.74. The number of aryl methyl sites for hydroxylation is 1. The quantitative estimate of drug-likeness (QED) is 0.903. The number of nitrogens with one attached hydrogen (secondary N) is 1. The molecular formula is C13H13NO2S. The van der Waals surface area contributed by atoms with E-state index in [1.54, 1.807) is 23.5 Å². The molecule has 88 valence electrons. The average molecular weight is 247 g/mol. The van der Waals surface area contributed by atoms with Gasteiger partial charge < -0.3 is 10.1 Å². The highest BCUT2D eigenvalue weighted by molar-refractivity contribution is 7.10. The zero-order chi connectivity index (χ0) is 12.1. The number of rotatable bonds is 3. The first-order valence-electron chi connectivity index (χ1n) is 5.29. The Balaban J connectivity index is 1.84. The van der Waals surface area contributed by atoms with Gasteiger partial charge in [0, 0.05) is 4.88 Å². The van der Waals surface area contributed by atoms with Crippen molar-refractivity contribution in [3.63, 3.8) is 0 Å². The molecule has 0 spiro atoms. The normalized spacial score (nSPS) is 9.94. The van der Waals surface area contributed by atoms with E-state index in [-0.39, 0.29) is 0 Å². The molecule has 0 saturated heterocycles. The van der Waals surface area contributed by atoms with Crippen LogP contribution in [0.4, 0.5) is 4.79 Å². The summed E-state index contributed by atoms with van der Waals surface area (Å²) < 4.78 is 5.11.